The van der Waals surface area contributed by atoms with Gasteiger partial charge in [-0.1, -0.05) is 18.2 Å². The minimum absolute atomic E-state index is 0.390. The molecule has 2 atom stereocenters. The fraction of sp³-hybridized carbons (Fsp3) is 0.286. The molecule has 4 heterocycles. The van der Waals surface area contributed by atoms with Crippen LogP contribution in [0.2, 0.25) is 0 Å². The number of nitrogens with zero attached hydrogens (tertiary/aromatic N) is 4. The zero-order valence-electron chi connectivity index (χ0n) is 15.6. The Morgan fingerprint density at radius 3 is 2.86 bits per heavy atom. The smallest absolute Gasteiger partial charge is 0.187 e. The highest BCUT2D eigenvalue weighted by molar-refractivity contribution is 5.86. The van der Waals surface area contributed by atoms with Gasteiger partial charge >= 0.3 is 0 Å². The third-order valence-electron chi connectivity index (χ3n) is 5.16. The minimum Gasteiger partial charge on any atom is -0.485 e. The van der Waals surface area contributed by atoms with Crippen LogP contribution in [0.3, 0.4) is 0 Å². The Bertz CT molecular complexity index is 1180. The number of ether oxygens (including phenoxy) is 1. The fourth-order valence-corrected chi connectivity index (χ4v) is 3.65. The summed E-state index contributed by atoms with van der Waals surface area (Å²) in [4.78, 5) is 4.70. The van der Waals surface area contributed by atoms with Gasteiger partial charge in [-0.15, -0.1) is 10.2 Å². The van der Waals surface area contributed by atoms with Gasteiger partial charge in [0.1, 0.15) is 35.1 Å². The molecule has 0 saturated carbocycles. The van der Waals surface area contributed by atoms with Crippen molar-refractivity contribution in [3.63, 3.8) is 0 Å². The summed E-state index contributed by atoms with van der Waals surface area (Å²) < 4.78 is 35.8. The largest absolute Gasteiger partial charge is 0.485 e. The van der Waals surface area contributed by atoms with E-state index < -0.39 is 12.3 Å². The van der Waals surface area contributed by atoms with Crippen molar-refractivity contribution in [2.45, 2.75) is 25.1 Å². The molecule has 5 rings (SSSR count). The van der Waals surface area contributed by atoms with Crippen LogP contribution in [0.1, 0.15) is 12.8 Å². The van der Waals surface area contributed by atoms with Gasteiger partial charge in [0.25, 0.3) is 0 Å². The number of rotatable bonds is 3. The van der Waals surface area contributed by atoms with E-state index in [4.69, 9.17) is 9.72 Å². The van der Waals surface area contributed by atoms with E-state index in [0.29, 0.717) is 54.4 Å². The zero-order chi connectivity index (χ0) is 19.8. The van der Waals surface area contributed by atoms with Crippen LogP contribution in [-0.4, -0.2) is 44.9 Å². The Kier molecular flexibility index (Phi) is 4.55. The summed E-state index contributed by atoms with van der Waals surface area (Å²) in [6.07, 6.45) is 0.776. The molecule has 0 unspecified atom stereocenters. The highest BCUT2D eigenvalue weighted by Crippen LogP contribution is 2.29. The number of benzene rings is 1. The van der Waals surface area contributed by atoms with Gasteiger partial charge in [0.15, 0.2) is 11.5 Å². The van der Waals surface area contributed by atoms with Crippen LogP contribution < -0.4 is 10.1 Å². The molecule has 1 aromatic carbocycles. The van der Waals surface area contributed by atoms with Crippen molar-refractivity contribution in [1.82, 2.24) is 24.9 Å². The average Bonchev–Trinajstić information content (AvgIpc) is 3.04. The van der Waals surface area contributed by atoms with Crippen molar-refractivity contribution in [2.24, 2.45) is 0 Å². The lowest BCUT2D eigenvalue weighted by Crippen LogP contribution is -2.28. The van der Waals surface area contributed by atoms with E-state index in [1.54, 1.807) is 22.6 Å². The number of fused-ring (bicyclic) bond motifs is 2. The zero-order valence-corrected chi connectivity index (χ0v) is 15.6. The van der Waals surface area contributed by atoms with Gasteiger partial charge in [-0.3, -0.25) is 4.40 Å². The van der Waals surface area contributed by atoms with Crippen LogP contribution in [0.5, 0.6) is 5.75 Å². The van der Waals surface area contributed by atoms with E-state index in [-0.39, 0.29) is 5.82 Å². The van der Waals surface area contributed by atoms with Crippen LogP contribution in [0.15, 0.2) is 48.7 Å². The Hall–Kier alpha value is -3.13. The molecule has 3 aromatic heterocycles. The Morgan fingerprint density at radius 1 is 1.03 bits per heavy atom. The van der Waals surface area contributed by atoms with Gasteiger partial charge in [0.2, 0.25) is 0 Å². The number of hydrogen-bond acceptors (Lipinski definition) is 5. The fourth-order valence-electron chi connectivity index (χ4n) is 3.65. The van der Waals surface area contributed by atoms with E-state index in [9.17, 15) is 8.78 Å². The first-order valence-corrected chi connectivity index (χ1v) is 9.61. The summed E-state index contributed by atoms with van der Waals surface area (Å²) in [6.45, 7) is 1.36. The van der Waals surface area contributed by atoms with E-state index in [1.807, 2.05) is 18.2 Å². The van der Waals surface area contributed by atoms with Crippen LogP contribution in [0.4, 0.5) is 8.78 Å². The number of pyridine rings is 2. The van der Waals surface area contributed by atoms with Gasteiger partial charge in [-0.25, -0.2) is 13.8 Å². The summed E-state index contributed by atoms with van der Waals surface area (Å²) in [5, 5.41) is 12.3. The van der Waals surface area contributed by atoms with Crippen molar-refractivity contribution in [2.75, 3.05) is 13.1 Å². The summed E-state index contributed by atoms with van der Waals surface area (Å²) in [5.41, 5.74) is 1.67. The standard InChI is InChI=1S/C21H19F2N5O/c22-14-5-7-19-26-27-21(28(19)12-14)16-6-4-13-2-1-3-18(20(13)25-16)29-17-9-11-24-10-8-15(17)23/h1-7,12,15,17,24H,8-11H2/t15-,17-/m0/s1. The average molecular weight is 395 g/mol. The lowest BCUT2D eigenvalue weighted by molar-refractivity contribution is 0.0983. The molecular weight excluding hydrogens is 376 g/mol. The molecule has 6 nitrogen and oxygen atoms in total. The number of aromatic nitrogens is 4. The summed E-state index contributed by atoms with van der Waals surface area (Å²) in [6, 6.07) is 12.2. The maximum atomic E-state index is 14.5. The van der Waals surface area contributed by atoms with Crippen LogP contribution in [-0.2, 0) is 0 Å². The number of para-hydroxylation sites is 1. The van der Waals surface area contributed by atoms with E-state index in [1.165, 1.54) is 12.3 Å². The number of hydrogen-bond donors (Lipinski definition) is 1. The highest BCUT2D eigenvalue weighted by atomic mass is 19.1. The second-order valence-electron chi connectivity index (χ2n) is 7.12. The molecule has 29 heavy (non-hydrogen) atoms. The molecule has 0 spiro atoms. The van der Waals surface area contributed by atoms with Crippen molar-refractivity contribution in [3.05, 3.63) is 54.5 Å². The maximum Gasteiger partial charge on any atom is 0.187 e. The maximum absolute atomic E-state index is 14.5. The molecule has 1 aliphatic rings. The minimum atomic E-state index is -1.04. The molecule has 0 aliphatic carbocycles. The lowest BCUT2D eigenvalue weighted by Gasteiger charge is -2.21. The Morgan fingerprint density at radius 2 is 1.93 bits per heavy atom. The molecule has 1 N–H and O–H groups in total. The van der Waals surface area contributed by atoms with Gasteiger partial charge in [0, 0.05) is 11.6 Å². The molecular formula is C21H19F2N5O. The topological polar surface area (TPSA) is 64.3 Å². The number of nitrogens with one attached hydrogen (secondary N) is 1. The van der Waals surface area contributed by atoms with Crippen molar-refractivity contribution in [1.29, 1.82) is 0 Å². The van der Waals surface area contributed by atoms with Crippen molar-refractivity contribution in [3.8, 4) is 17.3 Å². The molecule has 8 heteroatoms. The molecule has 1 fully saturated rings. The predicted octanol–water partition coefficient (Wildman–Crippen LogP) is 3.55. The summed E-state index contributed by atoms with van der Waals surface area (Å²) in [5.74, 6) is 0.566. The van der Waals surface area contributed by atoms with Crippen LogP contribution in [0, 0.1) is 5.82 Å². The molecule has 1 aliphatic heterocycles. The first-order valence-electron chi connectivity index (χ1n) is 9.61. The summed E-state index contributed by atoms with van der Waals surface area (Å²) >= 11 is 0. The second kappa shape index (κ2) is 7.36. The van der Waals surface area contributed by atoms with Gasteiger partial charge < -0.3 is 10.1 Å². The first-order chi connectivity index (χ1) is 14.2. The monoisotopic (exact) mass is 395 g/mol. The molecule has 4 aromatic rings. The molecule has 1 saturated heterocycles. The second-order valence-corrected chi connectivity index (χ2v) is 7.12. The Labute approximate surface area is 165 Å². The number of alkyl halides is 1. The van der Waals surface area contributed by atoms with Crippen LogP contribution in [0.25, 0.3) is 28.1 Å². The van der Waals surface area contributed by atoms with Gasteiger partial charge in [-0.05, 0) is 50.2 Å². The van der Waals surface area contributed by atoms with E-state index in [2.05, 4.69) is 15.5 Å². The van der Waals surface area contributed by atoms with E-state index in [0.717, 1.165) is 5.39 Å². The van der Waals surface area contributed by atoms with Gasteiger partial charge in [0.05, 0.1) is 0 Å². The normalized spacial score (nSPS) is 20.1. The highest BCUT2D eigenvalue weighted by Gasteiger charge is 2.25. The molecule has 0 bridgehead atoms. The van der Waals surface area contributed by atoms with Gasteiger partial charge in [-0.2, -0.15) is 0 Å². The molecule has 148 valence electrons. The predicted molar refractivity (Wildman–Crippen MR) is 105 cm³/mol. The Balaban J connectivity index is 1.57. The number of halogens is 2. The quantitative estimate of drug-likeness (QED) is 0.575. The van der Waals surface area contributed by atoms with E-state index >= 15 is 0 Å². The van der Waals surface area contributed by atoms with Crippen molar-refractivity contribution < 1.29 is 13.5 Å². The summed E-state index contributed by atoms with van der Waals surface area (Å²) in [7, 11) is 0. The first kappa shape index (κ1) is 17.9. The third kappa shape index (κ3) is 3.40. The van der Waals surface area contributed by atoms with Crippen molar-refractivity contribution >= 4 is 16.6 Å². The molecule has 0 radical (unpaired) electrons. The third-order valence-corrected chi connectivity index (χ3v) is 5.16. The van der Waals surface area contributed by atoms with Crippen LogP contribution >= 0.6 is 0 Å². The lowest BCUT2D eigenvalue weighted by atomic mass is 10.1. The molecule has 0 amide bonds. The SMILES string of the molecule is Fc1ccc2nnc(-c3ccc4cccc(O[C@H]5CCNCC[C@@H]5F)c4n3)n2c1.